The summed E-state index contributed by atoms with van der Waals surface area (Å²) < 4.78 is 6.29. The predicted octanol–water partition coefficient (Wildman–Crippen LogP) is 5.23. The minimum absolute atomic E-state index is 0.113. The molecule has 0 spiro atoms. The first kappa shape index (κ1) is 27.0. The van der Waals surface area contributed by atoms with Crippen molar-refractivity contribution in [3.8, 4) is 22.5 Å². The molecule has 2 aromatic heterocycles. The first-order valence-corrected chi connectivity index (χ1v) is 13.5. The molecule has 8 nitrogen and oxygen atoms in total. The number of rotatable bonds is 10. The van der Waals surface area contributed by atoms with Crippen LogP contribution in [0.4, 0.5) is 0 Å². The van der Waals surface area contributed by atoms with E-state index in [1.807, 2.05) is 85.8 Å². The molecule has 0 aliphatic rings. The SMILES string of the molecule is CCCCc1nc(C)n(CC(O)c2ccccc2)c(=O)c1Cc1ccc(-c2ccccc2-c2noc(=O)[nH]2)cc1. The molecule has 0 aliphatic carbocycles. The molecule has 2 N–H and O–H groups in total. The number of benzene rings is 3. The summed E-state index contributed by atoms with van der Waals surface area (Å²) in [5, 5.41) is 14.7. The minimum Gasteiger partial charge on any atom is -0.387 e. The number of nitrogens with zero attached hydrogens (tertiary/aromatic N) is 3. The Hall–Kier alpha value is -4.56. The zero-order valence-electron chi connectivity index (χ0n) is 22.6. The molecule has 0 fully saturated rings. The Bertz CT molecular complexity index is 1700. The van der Waals surface area contributed by atoms with Gasteiger partial charge in [-0.25, -0.2) is 9.78 Å². The Balaban J connectivity index is 1.46. The highest BCUT2D eigenvalue weighted by molar-refractivity contribution is 5.80. The van der Waals surface area contributed by atoms with Crippen LogP contribution in [0, 0.1) is 6.92 Å². The monoisotopic (exact) mass is 536 g/mol. The van der Waals surface area contributed by atoms with Crippen LogP contribution in [0.1, 0.15) is 54.1 Å². The first-order chi connectivity index (χ1) is 19.4. The van der Waals surface area contributed by atoms with Crippen molar-refractivity contribution < 1.29 is 9.63 Å². The number of aliphatic hydroxyl groups excluding tert-OH is 1. The lowest BCUT2D eigenvalue weighted by atomic mass is 9.96. The Labute approximate surface area is 232 Å². The number of aromatic amines is 1. The van der Waals surface area contributed by atoms with Gasteiger partial charge in [0.25, 0.3) is 5.56 Å². The topological polar surface area (TPSA) is 114 Å². The molecule has 2 heterocycles. The smallest absolute Gasteiger partial charge is 0.387 e. The Morgan fingerprint density at radius 3 is 2.33 bits per heavy atom. The molecular weight excluding hydrogens is 504 g/mol. The third kappa shape index (κ3) is 5.87. The highest BCUT2D eigenvalue weighted by atomic mass is 16.5. The van der Waals surface area contributed by atoms with Gasteiger partial charge in [-0.05, 0) is 42.0 Å². The maximum Gasteiger partial charge on any atom is 0.439 e. The average Bonchev–Trinajstić information content (AvgIpc) is 3.42. The summed E-state index contributed by atoms with van der Waals surface area (Å²) in [6.07, 6.45) is 2.29. The van der Waals surface area contributed by atoms with Gasteiger partial charge >= 0.3 is 5.76 Å². The van der Waals surface area contributed by atoms with Crippen LogP contribution in [-0.2, 0) is 19.4 Å². The van der Waals surface area contributed by atoms with E-state index in [4.69, 9.17) is 9.51 Å². The maximum absolute atomic E-state index is 13.8. The molecule has 0 aliphatic heterocycles. The minimum atomic E-state index is -0.812. The van der Waals surface area contributed by atoms with Crippen molar-refractivity contribution in [1.29, 1.82) is 0 Å². The molecule has 5 rings (SSSR count). The van der Waals surface area contributed by atoms with E-state index in [2.05, 4.69) is 17.1 Å². The van der Waals surface area contributed by atoms with Crippen molar-refractivity contribution in [2.45, 2.75) is 52.2 Å². The second-order valence-electron chi connectivity index (χ2n) is 9.89. The van der Waals surface area contributed by atoms with E-state index in [0.717, 1.165) is 52.8 Å². The standard InChI is InChI=1S/C32H32N4O4/c1-3-4-14-28-27(31(38)36(21(2)33-28)20-29(37)24-10-6-5-7-11-24)19-22-15-17-23(18-16-22)25-12-8-9-13-26(25)30-34-32(39)40-35-30/h5-13,15-18,29,37H,3-4,14,19-20H2,1-2H3,(H,34,35,39). The third-order valence-corrected chi connectivity index (χ3v) is 7.11. The van der Waals surface area contributed by atoms with Gasteiger partial charge in [0.15, 0.2) is 5.82 Å². The molecule has 0 saturated carbocycles. The lowest BCUT2D eigenvalue weighted by Crippen LogP contribution is -2.31. The Morgan fingerprint density at radius 2 is 1.65 bits per heavy atom. The van der Waals surface area contributed by atoms with E-state index in [0.29, 0.717) is 23.6 Å². The molecule has 3 aromatic carbocycles. The van der Waals surface area contributed by atoms with Gasteiger partial charge < -0.3 is 5.11 Å². The number of unbranched alkanes of at least 4 members (excludes halogenated alkanes) is 1. The third-order valence-electron chi connectivity index (χ3n) is 7.11. The molecule has 40 heavy (non-hydrogen) atoms. The summed E-state index contributed by atoms with van der Waals surface area (Å²) in [7, 11) is 0. The highest BCUT2D eigenvalue weighted by Gasteiger charge is 2.18. The van der Waals surface area contributed by atoms with Crippen LogP contribution in [0.2, 0.25) is 0 Å². The molecule has 8 heteroatoms. The first-order valence-electron chi connectivity index (χ1n) is 13.5. The number of nitrogens with one attached hydrogen (secondary N) is 1. The Kier molecular flexibility index (Phi) is 8.17. The van der Waals surface area contributed by atoms with Crippen LogP contribution in [-0.4, -0.2) is 24.8 Å². The van der Waals surface area contributed by atoms with E-state index < -0.39 is 11.9 Å². The summed E-state index contributed by atoms with van der Waals surface area (Å²) in [4.78, 5) is 32.7. The number of hydrogen-bond acceptors (Lipinski definition) is 6. The van der Waals surface area contributed by atoms with Crippen molar-refractivity contribution in [3.63, 3.8) is 0 Å². The highest BCUT2D eigenvalue weighted by Crippen LogP contribution is 2.30. The van der Waals surface area contributed by atoms with Crippen LogP contribution < -0.4 is 11.3 Å². The Morgan fingerprint density at radius 1 is 0.950 bits per heavy atom. The number of hydrogen-bond donors (Lipinski definition) is 2. The van der Waals surface area contributed by atoms with Crippen LogP contribution in [0.15, 0.2) is 93.0 Å². The van der Waals surface area contributed by atoms with E-state index in [1.54, 1.807) is 4.57 Å². The van der Waals surface area contributed by atoms with Crippen LogP contribution in [0.25, 0.3) is 22.5 Å². The van der Waals surface area contributed by atoms with E-state index in [1.165, 1.54) is 0 Å². The molecule has 0 saturated heterocycles. The van der Waals surface area contributed by atoms with Crippen LogP contribution in [0.5, 0.6) is 0 Å². The summed E-state index contributed by atoms with van der Waals surface area (Å²) in [6, 6.07) is 25.0. The second-order valence-corrected chi connectivity index (χ2v) is 9.89. The van der Waals surface area contributed by atoms with Crippen LogP contribution in [0.3, 0.4) is 0 Å². The molecule has 0 radical (unpaired) electrons. The number of H-pyrrole nitrogens is 1. The van der Waals surface area contributed by atoms with Gasteiger partial charge in [0.1, 0.15) is 5.82 Å². The van der Waals surface area contributed by atoms with Gasteiger partial charge in [0.2, 0.25) is 0 Å². The van der Waals surface area contributed by atoms with Crippen molar-refractivity contribution in [2.24, 2.45) is 0 Å². The van der Waals surface area contributed by atoms with E-state index in [-0.39, 0.29) is 12.1 Å². The lowest BCUT2D eigenvalue weighted by molar-refractivity contribution is 0.153. The van der Waals surface area contributed by atoms with Gasteiger partial charge in [0.05, 0.1) is 18.3 Å². The fourth-order valence-electron chi connectivity index (χ4n) is 4.95. The maximum atomic E-state index is 13.8. The fourth-order valence-corrected chi connectivity index (χ4v) is 4.95. The van der Waals surface area contributed by atoms with Crippen LogP contribution >= 0.6 is 0 Å². The number of aliphatic hydroxyl groups is 1. The van der Waals surface area contributed by atoms with E-state index >= 15 is 0 Å². The van der Waals surface area contributed by atoms with Gasteiger partial charge in [-0.1, -0.05) is 97.4 Å². The second kappa shape index (κ2) is 12.1. The van der Waals surface area contributed by atoms with Crippen molar-refractivity contribution in [3.05, 3.63) is 128 Å². The van der Waals surface area contributed by atoms with Crippen molar-refractivity contribution in [2.75, 3.05) is 0 Å². The molecule has 204 valence electrons. The molecule has 0 amide bonds. The summed E-state index contributed by atoms with van der Waals surface area (Å²) in [6.45, 7) is 4.09. The largest absolute Gasteiger partial charge is 0.439 e. The zero-order valence-corrected chi connectivity index (χ0v) is 22.6. The zero-order chi connectivity index (χ0) is 28.1. The van der Waals surface area contributed by atoms with Crippen molar-refractivity contribution >= 4 is 0 Å². The molecule has 0 bridgehead atoms. The van der Waals surface area contributed by atoms with E-state index in [9.17, 15) is 14.7 Å². The average molecular weight is 537 g/mol. The summed E-state index contributed by atoms with van der Waals surface area (Å²) in [5.41, 5.74) is 5.70. The quantitative estimate of drug-likeness (QED) is 0.253. The molecule has 5 aromatic rings. The lowest BCUT2D eigenvalue weighted by Gasteiger charge is -2.18. The molecule has 1 unspecified atom stereocenters. The van der Waals surface area contributed by atoms with Gasteiger partial charge in [-0.15, -0.1) is 0 Å². The number of aryl methyl sites for hydroxylation is 2. The van der Waals surface area contributed by atoms with Gasteiger partial charge in [0, 0.05) is 17.5 Å². The summed E-state index contributed by atoms with van der Waals surface area (Å²) in [5.74, 6) is 0.370. The number of aromatic nitrogens is 4. The molecule has 1 atom stereocenters. The molecular formula is C32H32N4O4. The fraction of sp³-hybridized carbons (Fsp3) is 0.250. The van der Waals surface area contributed by atoms with Gasteiger partial charge in [-0.2, -0.15) is 0 Å². The predicted molar refractivity (Wildman–Crippen MR) is 154 cm³/mol. The van der Waals surface area contributed by atoms with Gasteiger partial charge in [-0.3, -0.25) is 18.9 Å². The summed E-state index contributed by atoms with van der Waals surface area (Å²) >= 11 is 0. The van der Waals surface area contributed by atoms with Crippen molar-refractivity contribution in [1.82, 2.24) is 19.7 Å². The normalized spacial score (nSPS) is 12.0.